The van der Waals surface area contributed by atoms with Gasteiger partial charge in [-0.05, 0) is 55.2 Å². The number of rotatable bonds is 12. The molecule has 0 bridgehead atoms. The quantitative estimate of drug-likeness (QED) is 0.194. The first-order chi connectivity index (χ1) is 22.2. The number of amides is 2. The summed E-state index contributed by atoms with van der Waals surface area (Å²) >= 11 is 0. The Morgan fingerprint density at radius 3 is 2.11 bits per heavy atom. The van der Waals surface area contributed by atoms with E-state index in [9.17, 15) is 18.0 Å². The molecule has 5 rings (SSSR count). The van der Waals surface area contributed by atoms with Gasteiger partial charge >= 0.3 is 0 Å². The molecule has 1 aliphatic carbocycles. The van der Waals surface area contributed by atoms with E-state index >= 15 is 4.39 Å². The van der Waals surface area contributed by atoms with Crippen LogP contribution in [0.25, 0.3) is 0 Å². The van der Waals surface area contributed by atoms with E-state index in [1.807, 2.05) is 30.3 Å². The zero-order valence-corrected chi connectivity index (χ0v) is 26.8. The van der Waals surface area contributed by atoms with Crippen molar-refractivity contribution in [3.05, 3.63) is 132 Å². The Morgan fingerprint density at radius 1 is 0.826 bits per heavy atom. The predicted octanol–water partition coefficient (Wildman–Crippen LogP) is 6.42. The predicted molar refractivity (Wildman–Crippen MR) is 178 cm³/mol. The van der Waals surface area contributed by atoms with Crippen LogP contribution in [0.1, 0.15) is 48.8 Å². The Balaban J connectivity index is 1.57. The molecule has 0 radical (unpaired) electrons. The summed E-state index contributed by atoms with van der Waals surface area (Å²) in [6.07, 6.45) is 5.00. The van der Waals surface area contributed by atoms with Crippen molar-refractivity contribution in [1.29, 1.82) is 0 Å². The molecule has 0 aliphatic heterocycles. The third-order valence-electron chi connectivity index (χ3n) is 8.52. The zero-order valence-electron chi connectivity index (χ0n) is 26.0. The van der Waals surface area contributed by atoms with Crippen LogP contribution in [0.2, 0.25) is 0 Å². The molecule has 9 heteroatoms. The summed E-state index contributed by atoms with van der Waals surface area (Å²) in [6, 6.07) is 29.3. The molecule has 0 spiro atoms. The summed E-state index contributed by atoms with van der Waals surface area (Å²) in [5.41, 5.74) is 2.06. The molecule has 7 nitrogen and oxygen atoms in total. The van der Waals surface area contributed by atoms with E-state index in [0.717, 1.165) is 42.0 Å². The number of hydrogen-bond donors (Lipinski definition) is 1. The molecule has 1 fully saturated rings. The molecular formula is C37H40FN3O4S. The highest BCUT2D eigenvalue weighted by Crippen LogP contribution is 2.28. The topological polar surface area (TPSA) is 86.8 Å². The van der Waals surface area contributed by atoms with Crippen molar-refractivity contribution in [2.45, 2.75) is 69.0 Å². The maximum absolute atomic E-state index is 15.1. The van der Waals surface area contributed by atoms with Crippen molar-refractivity contribution in [2.24, 2.45) is 0 Å². The van der Waals surface area contributed by atoms with E-state index in [-0.39, 0.29) is 35.4 Å². The van der Waals surface area contributed by atoms with Gasteiger partial charge in [-0.1, -0.05) is 104 Å². The van der Waals surface area contributed by atoms with Crippen LogP contribution >= 0.6 is 0 Å². The fourth-order valence-electron chi connectivity index (χ4n) is 5.98. The lowest BCUT2D eigenvalue weighted by Crippen LogP contribution is -2.55. The fraction of sp³-hybridized carbons (Fsp3) is 0.297. The third-order valence-corrected chi connectivity index (χ3v) is 10.3. The summed E-state index contributed by atoms with van der Waals surface area (Å²) in [7, 11) is -4.20. The number of para-hydroxylation sites is 1. The number of carbonyl (C=O) groups is 2. The van der Waals surface area contributed by atoms with Crippen molar-refractivity contribution >= 4 is 27.5 Å². The normalized spacial score (nSPS) is 14.3. The first-order valence-electron chi connectivity index (χ1n) is 15.7. The molecule has 0 aromatic heterocycles. The summed E-state index contributed by atoms with van der Waals surface area (Å²) < 4.78 is 44.5. The minimum absolute atomic E-state index is 0.0214. The van der Waals surface area contributed by atoms with Crippen molar-refractivity contribution in [3.8, 4) is 0 Å². The van der Waals surface area contributed by atoms with Gasteiger partial charge in [-0.15, -0.1) is 0 Å². The summed E-state index contributed by atoms with van der Waals surface area (Å²) in [5, 5.41) is 3.17. The minimum Gasteiger partial charge on any atom is -0.352 e. The van der Waals surface area contributed by atoms with Gasteiger partial charge < -0.3 is 10.2 Å². The van der Waals surface area contributed by atoms with Crippen LogP contribution in [0.15, 0.2) is 114 Å². The van der Waals surface area contributed by atoms with Crippen LogP contribution in [0.5, 0.6) is 0 Å². The number of nitrogens with zero attached hydrogens (tertiary/aromatic N) is 2. The smallest absolute Gasteiger partial charge is 0.264 e. The Morgan fingerprint density at radius 2 is 1.43 bits per heavy atom. The van der Waals surface area contributed by atoms with Crippen LogP contribution < -0.4 is 9.62 Å². The van der Waals surface area contributed by atoms with E-state index in [2.05, 4.69) is 5.32 Å². The second kappa shape index (κ2) is 15.2. The van der Waals surface area contributed by atoms with Crippen LogP contribution in [0, 0.1) is 12.7 Å². The lowest BCUT2D eigenvalue weighted by Gasteiger charge is -2.35. The first-order valence-corrected chi connectivity index (χ1v) is 17.2. The lowest BCUT2D eigenvalue weighted by molar-refractivity contribution is -0.140. The Hall–Kier alpha value is -4.50. The molecule has 1 saturated carbocycles. The molecular weight excluding hydrogens is 601 g/mol. The van der Waals surface area contributed by atoms with Crippen LogP contribution in [0.3, 0.4) is 0 Å². The van der Waals surface area contributed by atoms with E-state index in [1.165, 1.54) is 23.1 Å². The van der Waals surface area contributed by atoms with Crippen LogP contribution in [-0.2, 0) is 32.6 Å². The molecule has 0 heterocycles. The number of halogens is 1. The fourth-order valence-corrected chi connectivity index (χ4v) is 7.48. The molecule has 2 amide bonds. The van der Waals surface area contributed by atoms with Gasteiger partial charge in [-0.3, -0.25) is 13.9 Å². The average molecular weight is 642 g/mol. The van der Waals surface area contributed by atoms with Crippen LogP contribution in [-0.4, -0.2) is 43.8 Å². The molecule has 4 aromatic carbocycles. The molecule has 4 aromatic rings. The van der Waals surface area contributed by atoms with Gasteiger partial charge in [0, 0.05) is 24.6 Å². The molecule has 1 aliphatic rings. The zero-order chi connectivity index (χ0) is 32.5. The number of sulfonamides is 1. The second-order valence-corrected chi connectivity index (χ2v) is 13.6. The maximum atomic E-state index is 15.1. The highest BCUT2D eigenvalue weighted by molar-refractivity contribution is 7.92. The van der Waals surface area contributed by atoms with Gasteiger partial charge in [0.15, 0.2) is 0 Å². The van der Waals surface area contributed by atoms with Crippen molar-refractivity contribution < 1.29 is 22.4 Å². The van der Waals surface area contributed by atoms with E-state index in [4.69, 9.17) is 0 Å². The summed E-state index contributed by atoms with van der Waals surface area (Å²) in [4.78, 5) is 30.1. The number of nitrogens with one attached hydrogen (secondary N) is 1. The number of aryl methyl sites for hydroxylation is 1. The maximum Gasteiger partial charge on any atom is 0.264 e. The summed E-state index contributed by atoms with van der Waals surface area (Å²) in [5.74, 6) is -1.47. The van der Waals surface area contributed by atoms with Gasteiger partial charge in [-0.2, -0.15) is 0 Å². The Labute approximate surface area is 271 Å². The van der Waals surface area contributed by atoms with E-state index < -0.39 is 34.3 Å². The SMILES string of the molecule is Cc1ccccc1N(CC(=O)N(Cc1ccccc1F)C(Cc1ccccc1)C(=O)NC1CCCCC1)S(=O)(=O)c1ccccc1. The molecule has 1 unspecified atom stereocenters. The van der Waals surface area contributed by atoms with Gasteiger partial charge in [0.1, 0.15) is 18.4 Å². The van der Waals surface area contributed by atoms with Crippen molar-refractivity contribution in [2.75, 3.05) is 10.8 Å². The number of benzene rings is 4. The first kappa shape index (κ1) is 32.9. The van der Waals surface area contributed by atoms with E-state index in [1.54, 1.807) is 67.6 Å². The number of anilines is 1. The molecule has 1 atom stereocenters. The number of carbonyl (C=O) groups excluding carboxylic acids is 2. The Kier molecular flexibility index (Phi) is 10.9. The molecule has 46 heavy (non-hydrogen) atoms. The molecule has 1 N–H and O–H groups in total. The molecule has 0 saturated heterocycles. The highest BCUT2D eigenvalue weighted by atomic mass is 32.2. The average Bonchev–Trinajstić information content (AvgIpc) is 3.07. The Bertz CT molecular complexity index is 1730. The standard InChI is InChI=1S/C37H40FN3O4S/c1-28-15-11-14-24-34(28)41(46(44,45)32-21-9-4-10-22-32)27-36(42)40(26-30-18-12-13-23-33(30)38)35(25-29-16-5-2-6-17-29)37(43)39-31-19-7-3-8-20-31/h2,4-6,9-18,21-24,31,35H,3,7-8,19-20,25-27H2,1H3,(H,39,43). The lowest BCUT2D eigenvalue weighted by atomic mass is 9.94. The van der Waals surface area contributed by atoms with Gasteiger partial charge in [-0.25, -0.2) is 12.8 Å². The van der Waals surface area contributed by atoms with E-state index in [0.29, 0.717) is 11.3 Å². The largest absolute Gasteiger partial charge is 0.352 e. The van der Waals surface area contributed by atoms with Gasteiger partial charge in [0.25, 0.3) is 10.0 Å². The monoisotopic (exact) mass is 641 g/mol. The van der Waals surface area contributed by atoms with Gasteiger partial charge in [0.05, 0.1) is 10.6 Å². The second-order valence-electron chi connectivity index (χ2n) is 11.8. The number of hydrogen-bond acceptors (Lipinski definition) is 4. The van der Waals surface area contributed by atoms with Crippen molar-refractivity contribution in [1.82, 2.24) is 10.2 Å². The van der Waals surface area contributed by atoms with Crippen molar-refractivity contribution in [3.63, 3.8) is 0 Å². The molecule has 240 valence electrons. The highest BCUT2D eigenvalue weighted by Gasteiger charge is 2.36. The van der Waals surface area contributed by atoms with Crippen LogP contribution in [0.4, 0.5) is 10.1 Å². The minimum atomic E-state index is -4.20. The summed E-state index contributed by atoms with van der Waals surface area (Å²) in [6.45, 7) is 0.979. The van der Waals surface area contributed by atoms with Gasteiger partial charge in [0.2, 0.25) is 11.8 Å². The third kappa shape index (κ3) is 8.01.